The molecular formula is C21H37N3O3. The summed E-state index contributed by atoms with van der Waals surface area (Å²) in [7, 11) is 0. The number of ether oxygens (including phenoxy) is 1. The van der Waals surface area contributed by atoms with Crippen molar-refractivity contribution in [3.05, 3.63) is 0 Å². The van der Waals surface area contributed by atoms with E-state index in [1.165, 1.54) is 32.1 Å². The highest BCUT2D eigenvalue weighted by Crippen LogP contribution is 2.28. The lowest BCUT2D eigenvalue weighted by atomic mass is 9.87. The molecule has 0 aromatic carbocycles. The predicted octanol–water partition coefficient (Wildman–Crippen LogP) is 2.13. The molecule has 2 heterocycles. The standard InChI is InChI=1S/C21H37N3O3/c1-18(25)24(10-5-9-22-12-14-27-15-13-22)20-8-11-23(17-20)21(26)16-19-6-3-2-4-7-19/h19-20H,2-17H2,1H3. The van der Waals surface area contributed by atoms with Crippen LogP contribution in [0.25, 0.3) is 0 Å². The lowest BCUT2D eigenvalue weighted by molar-refractivity contribution is -0.134. The highest BCUT2D eigenvalue weighted by Gasteiger charge is 2.32. The number of likely N-dealkylation sites (tertiary alicyclic amines) is 1. The zero-order valence-corrected chi connectivity index (χ0v) is 17.0. The van der Waals surface area contributed by atoms with Gasteiger partial charge < -0.3 is 14.5 Å². The maximum absolute atomic E-state index is 12.7. The molecule has 0 aromatic rings. The first kappa shape index (κ1) is 20.6. The van der Waals surface area contributed by atoms with E-state index in [2.05, 4.69) is 4.90 Å². The van der Waals surface area contributed by atoms with Crippen molar-refractivity contribution in [2.75, 3.05) is 52.5 Å². The molecule has 27 heavy (non-hydrogen) atoms. The minimum absolute atomic E-state index is 0.142. The average Bonchev–Trinajstić information content (AvgIpc) is 3.16. The van der Waals surface area contributed by atoms with Gasteiger partial charge in [-0.3, -0.25) is 14.5 Å². The van der Waals surface area contributed by atoms with E-state index in [-0.39, 0.29) is 11.9 Å². The normalized spacial score (nSPS) is 24.9. The molecule has 1 atom stereocenters. The number of carbonyl (C=O) groups is 2. The number of morpholine rings is 1. The topological polar surface area (TPSA) is 53.1 Å². The Morgan fingerprint density at radius 3 is 2.48 bits per heavy atom. The first-order valence-electron chi connectivity index (χ1n) is 11.0. The van der Waals surface area contributed by atoms with Gasteiger partial charge in [0.1, 0.15) is 0 Å². The Hall–Kier alpha value is -1.14. The molecule has 0 bridgehead atoms. The van der Waals surface area contributed by atoms with E-state index < -0.39 is 0 Å². The van der Waals surface area contributed by atoms with Gasteiger partial charge in [0.05, 0.1) is 19.3 Å². The Labute approximate surface area is 164 Å². The van der Waals surface area contributed by atoms with Gasteiger partial charge in [-0.05, 0) is 31.6 Å². The summed E-state index contributed by atoms with van der Waals surface area (Å²) in [5, 5.41) is 0. The number of nitrogens with zero attached hydrogens (tertiary/aromatic N) is 3. The number of rotatable bonds is 7. The van der Waals surface area contributed by atoms with Crippen LogP contribution in [-0.2, 0) is 14.3 Å². The van der Waals surface area contributed by atoms with Crippen LogP contribution in [-0.4, -0.2) is 85.0 Å². The van der Waals surface area contributed by atoms with Crippen LogP contribution in [0.1, 0.15) is 58.3 Å². The van der Waals surface area contributed by atoms with Gasteiger partial charge in [-0.15, -0.1) is 0 Å². The van der Waals surface area contributed by atoms with Crippen LogP contribution < -0.4 is 0 Å². The summed E-state index contributed by atoms with van der Waals surface area (Å²) in [5.41, 5.74) is 0. The Kier molecular flexibility index (Phi) is 7.94. The molecule has 3 aliphatic rings. The van der Waals surface area contributed by atoms with Gasteiger partial charge in [0, 0.05) is 52.6 Å². The summed E-state index contributed by atoms with van der Waals surface area (Å²) in [6, 6.07) is 0.197. The van der Waals surface area contributed by atoms with E-state index in [1.807, 2.05) is 9.80 Å². The van der Waals surface area contributed by atoms with Crippen molar-refractivity contribution in [3.8, 4) is 0 Å². The van der Waals surface area contributed by atoms with Crippen molar-refractivity contribution in [2.24, 2.45) is 5.92 Å². The van der Waals surface area contributed by atoms with Crippen LogP contribution in [0.15, 0.2) is 0 Å². The maximum atomic E-state index is 12.7. The minimum atomic E-state index is 0.142. The Balaban J connectivity index is 1.42. The zero-order chi connectivity index (χ0) is 19.1. The van der Waals surface area contributed by atoms with Crippen molar-refractivity contribution >= 4 is 11.8 Å². The van der Waals surface area contributed by atoms with Crippen LogP contribution in [0.4, 0.5) is 0 Å². The van der Waals surface area contributed by atoms with Crippen molar-refractivity contribution in [1.82, 2.24) is 14.7 Å². The van der Waals surface area contributed by atoms with Gasteiger partial charge in [-0.2, -0.15) is 0 Å². The Morgan fingerprint density at radius 1 is 1.04 bits per heavy atom. The van der Waals surface area contributed by atoms with Crippen LogP contribution in [0, 0.1) is 5.92 Å². The van der Waals surface area contributed by atoms with Crippen LogP contribution >= 0.6 is 0 Å². The number of hydrogen-bond donors (Lipinski definition) is 0. The Morgan fingerprint density at radius 2 is 1.78 bits per heavy atom. The molecule has 2 aliphatic heterocycles. The van der Waals surface area contributed by atoms with Gasteiger partial charge in [-0.1, -0.05) is 19.3 Å². The van der Waals surface area contributed by atoms with Crippen molar-refractivity contribution in [1.29, 1.82) is 0 Å². The third-order valence-corrected chi connectivity index (χ3v) is 6.53. The predicted molar refractivity (Wildman–Crippen MR) is 105 cm³/mol. The quantitative estimate of drug-likeness (QED) is 0.680. The fourth-order valence-corrected chi connectivity index (χ4v) is 4.88. The smallest absolute Gasteiger partial charge is 0.222 e. The summed E-state index contributed by atoms with van der Waals surface area (Å²) in [4.78, 5) is 31.3. The monoisotopic (exact) mass is 379 g/mol. The lowest BCUT2D eigenvalue weighted by Crippen LogP contribution is -2.44. The fraction of sp³-hybridized carbons (Fsp3) is 0.905. The summed E-state index contributed by atoms with van der Waals surface area (Å²) >= 11 is 0. The molecule has 6 nitrogen and oxygen atoms in total. The second-order valence-electron chi connectivity index (χ2n) is 8.51. The van der Waals surface area contributed by atoms with E-state index >= 15 is 0 Å². The summed E-state index contributed by atoms with van der Waals surface area (Å²) < 4.78 is 5.39. The number of carbonyl (C=O) groups excluding carboxylic acids is 2. The van der Waals surface area contributed by atoms with Gasteiger partial charge in [0.15, 0.2) is 0 Å². The van der Waals surface area contributed by atoms with Crippen LogP contribution in [0.5, 0.6) is 0 Å². The highest BCUT2D eigenvalue weighted by atomic mass is 16.5. The third kappa shape index (κ3) is 6.18. The molecule has 154 valence electrons. The Bertz CT molecular complexity index is 487. The molecular weight excluding hydrogens is 342 g/mol. The summed E-state index contributed by atoms with van der Waals surface area (Å²) in [5.74, 6) is 1.03. The van der Waals surface area contributed by atoms with Crippen LogP contribution in [0.3, 0.4) is 0 Å². The molecule has 1 saturated carbocycles. The molecule has 0 aromatic heterocycles. The molecule has 3 fully saturated rings. The first-order chi connectivity index (χ1) is 13.1. The second kappa shape index (κ2) is 10.4. The van der Waals surface area contributed by atoms with Crippen molar-refractivity contribution < 1.29 is 14.3 Å². The number of hydrogen-bond acceptors (Lipinski definition) is 4. The molecule has 3 rings (SSSR count). The fourth-order valence-electron chi connectivity index (χ4n) is 4.88. The molecule has 1 aliphatic carbocycles. The van der Waals surface area contributed by atoms with E-state index in [1.54, 1.807) is 6.92 Å². The van der Waals surface area contributed by atoms with Crippen LogP contribution in [0.2, 0.25) is 0 Å². The third-order valence-electron chi connectivity index (χ3n) is 6.53. The number of amides is 2. The van der Waals surface area contributed by atoms with Gasteiger partial charge in [-0.25, -0.2) is 0 Å². The minimum Gasteiger partial charge on any atom is -0.379 e. The van der Waals surface area contributed by atoms with Gasteiger partial charge in [0.25, 0.3) is 0 Å². The maximum Gasteiger partial charge on any atom is 0.222 e. The van der Waals surface area contributed by atoms with Gasteiger partial charge >= 0.3 is 0 Å². The molecule has 6 heteroatoms. The van der Waals surface area contributed by atoms with E-state index in [9.17, 15) is 9.59 Å². The lowest BCUT2D eigenvalue weighted by Gasteiger charge is -2.31. The molecule has 0 N–H and O–H groups in total. The van der Waals surface area contributed by atoms with E-state index in [0.29, 0.717) is 18.2 Å². The molecule has 1 unspecified atom stereocenters. The van der Waals surface area contributed by atoms with E-state index in [4.69, 9.17) is 4.74 Å². The SMILES string of the molecule is CC(=O)N(CCCN1CCOCC1)C1CCN(C(=O)CC2CCCCC2)C1. The molecule has 2 saturated heterocycles. The van der Waals surface area contributed by atoms with E-state index in [0.717, 1.165) is 65.3 Å². The van der Waals surface area contributed by atoms with Gasteiger partial charge in [0.2, 0.25) is 11.8 Å². The second-order valence-corrected chi connectivity index (χ2v) is 8.51. The zero-order valence-electron chi connectivity index (χ0n) is 17.0. The largest absolute Gasteiger partial charge is 0.379 e. The average molecular weight is 380 g/mol. The molecule has 2 amide bonds. The van der Waals surface area contributed by atoms with Crippen molar-refractivity contribution in [3.63, 3.8) is 0 Å². The first-order valence-corrected chi connectivity index (χ1v) is 11.0. The molecule has 0 spiro atoms. The summed E-state index contributed by atoms with van der Waals surface area (Å²) in [6.45, 7) is 8.63. The highest BCUT2D eigenvalue weighted by molar-refractivity contribution is 5.77. The van der Waals surface area contributed by atoms with Crippen molar-refractivity contribution in [2.45, 2.75) is 64.3 Å². The summed E-state index contributed by atoms with van der Waals surface area (Å²) in [6.07, 6.45) is 8.94. The molecule has 0 radical (unpaired) electrons.